The van der Waals surface area contributed by atoms with Gasteiger partial charge in [-0.05, 0) is 36.0 Å². The number of piperidine rings is 1. The van der Waals surface area contributed by atoms with E-state index in [1.807, 2.05) is 18.2 Å². The van der Waals surface area contributed by atoms with Crippen LogP contribution in [-0.2, 0) is 15.4 Å². The van der Waals surface area contributed by atoms with Crippen LogP contribution in [-0.4, -0.2) is 39.2 Å². The molecular formula is C19H28N2O2S. The van der Waals surface area contributed by atoms with Crippen molar-refractivity contribution in [1.82, 2.24) is 4.90 Å². The predicted molar refractivity (Wildman–Crippen MR) is 99.7 cm³/mol. The number of fused-ring (bicyclic) bond motifs is 1. The molecule has 2 unspecified atom stereocenters. The first-order valence-corrected chi connectivity index (χ1v) is 10.7. The molecule has 24 heavy (non-hydrogen) atoms. The van der Waals surface area contributed by atoms with Crippen molar-refractivity contribution in [2.75, 3.05) is 30.6 Å². The topological polar surface area (TPSA) is 49.4 Å². The monoisotopic (exact) mass is 348 g/mol. The van der Waals surface area contributed by atoms with Crippen molar-refractivity contribution in [3.8, 4) is 0 Å². The first-order chi connectivity index (χ1) is 11.3. The highest BCUT2D eigenvalue weighted by Crippen LogP contribution is 2.63. The summed E-state index contributed by atoms with van der Waals surface area (Å²) < 4.78 is 25.5. The van der Waals surface area contributed by atoms with Gasteiger partial charge in [-0.2, -0.15) is 0 Å². The number of hydrogen-bond donors (Lipinski definition) is 1. The van der Waals surface area contributed by atoms with E-state index in [1.54, 1.807) is 0 Å². The van der Waals surface area contributed by atoms with Crippen LogP contribution in [0.2, 0.25) is 0 Å². The number of nitrogens with one attached hydrogen (secondary N) is 1. The highest BCUT2D eigenvalue weighted by atomic mass is 32.2. The van der Waals surface area contributed by atoms with Crippen molar-refractivity contribution < 1.29 is 8.42 Å². The molecule has 1 aliphatic heterocycles. The third-order valence-electron chi connectivity index (χ3n) is 5.60. The van der Waals surface area contributed by atoms with Gasteiger partial charge in [0.1, 0.15) is 0 Å². The lowest BCUT2D eigenvalue weighted by atomic mass is 9.92. The van der Waals surface area contributed by atoms with Gasteiger partial charge in [0.05, 0.1) is 6.26 Å². The van der Waals surface area contributed by atoms with E-state index >= 15 is 0 Å². The number of sulfonamides is 1. The molecule has 5 heteroatoms. The molecule has 0 aromatic heterocycles. The van der Waals surface area contributed by atoms with Gasteiger partial charge >= 0.3 is 0 Å². The maximum absolute atomic E-state index is 11.4. The Hall–Kier alpha value is -1.33. The summed E-state index contributed by atoms with van der Waals surface area (Å²) in [6.45, 7) is 7.86. The van der Waals surface area contributed by atoms with Crippen LogP contribution < -0.4 is 4.72 Å². The van der Waals surface area contributed by atoms with Gasteiger partial charge in [-0.1, -0.05) is 44.6 Å². The fourth-order valence-corrected chi connectivity index (χ4v) is 4.73. The van der Waals surface area contributed by atoms with Crippen LogP contribution >= 0.6 is 0 Å². The standard InChI is InChI=1S/C19H28N2O2S/c1-4-5-6-7-11-21-13-17-18(14-21)19(17,2)15-9-8-10-16(12-15)20-24(3,22)23/h6-10,12,17-18,20H,4-5,11,13-14H2,1-3H3. The zero-order valence-electron chi connectivity index (χ0n) is 14.8. The van der Waals surface area contributed by atoms with Crippen LogP contribution in [0.5, 0.6) is 0 Å². The zero-order valence-corrected chi connectivity index (χ0v) is 15.6. The Morgan fingerprint density at radius 3 is 2.62 bits per heavy atom. The molecule has 132 valence electrons. The number of allylic oxidation sites excluding steroid dienone is 1. The molecule has 2 fully saturated rings. The quantitative estimate of drug-likeness (QED) is 0.770. The number of nitrogens with zero attached hydrogens (tertiary/aromatic N) is 1. The average molecular weight is 349 g/mol. The number of anilines is 1. The molecule has 0 bridgehead atoms. The summed E-state index contributed by atoms with van der Waals surface area (Å²) in [7, 11) is -3.23. The molecule has 2 atom stereocenters. The molecular weight excluding hydrogens is 320 g/mol. The third-order valence-corrected chi connectivity index (χ3v) is 6.21. The molecule has 4 nitrogen and oxygen atoms in total. The Kier molecular flexibility index (Phi) is 4.76. The van der Waals surface area contributed by atoms with Crippen LogP contribution in [0.3, 0.4) is 0 Å². The zero-order chi connectivity index (χ0) is 17.4. The minimum absolute atomic E-state index is 0.193. The van der Waals surface area contributed by atoms with Crippen molar-refractivity contribution in [3.05, 3.63) is 42.0 Å². The van der Waals surface area contributed by atoms with Crippen molar-refractivity contribution in [2.24, 2.45) is 11.8 Å². The third kappa shape index (κ3) is 3.52. The largest absolute Gasteiger partial charge is 0.299 e. The molecule has 1 aliphatic carbocycles. The number of hydrogen-bond acceptors (Lipinski definition) is 3. The minimum Gasteiger partial charge on any atom is -0.299 e. The second-order valence-corrected chi connectivity index (χ2v) is 9.18. The second-order valence-electron chi connectivity index (χ2n) is 7.43. The Morgan fingerprint density at radius 2 is 2.00 bits per heavy atom. The van der Waals surface area contributed by atoms with Gasteiger partial charge in [-0.3, -0.25) is 9.62 Å². The Bertz CT molecular complexity index is 715. The summed E-state index contributed by atoms with van der Waals surface area (Å²) in [5, 5.41) is 0. The average Bonchev–Trinajstić information content (AvgIpc) is 2.88. The van der Waals surface area contributed by atoms with Crippen molar-refractivity contribution >= 4 is 15.7 Å². The van der Waals surface area contributed by atoms with E-state index in [4.69, 9.17) is 0 Å². The van der Waals surface area contributed by atoms with Crippen LogP contribution in [0, 0.1) is 11.8 Å². The normalized spacial score (nSPS) is 29.8. The Morgan fingerprint density at radius 1 is 1.29 bits per heavy atom. The van der Waals surface area contributed by atoms with Crippen LogP contribution in [0.1, 0.15) is 32.3 Å². The minimum atomic E-state index is -3.23. The fraction of sp³-hybridized carbons (Fsp3) is 0.579. The first kappa shape index (κ1) is 17.5. The predicted octanol–water partition coefficient (Wildman–Crippen LogP) is 3.23. The molecule has 0 amide bonds. The van der Waals surface area contributed by atoms with Crippen molar-refractivity contribution in [2.45, 2.75) is 32.1 Å². The highest BCUT2D eigenvalue weighted by Gasteiger charge is 2.65. The van der Waals surface area contributed by atoms with Crippen molar-refractivity contribution in [3.63, 3.8) is 0 Å². The highest BCUT2D eigenvalue weighted by molar-refractivity contribution is 7.92. The maximum atomic E-state index is 11.4. The van der Waals surface area contributed by atoms with Gasteiger partial charge in [-0.25, -0.2) is 8.42 Å². The summed E-state index contributed by atoms with van der Waals surface area (Å²) in [6.07, 6.45) is 8.14. The number of benzene rings is 1. The SMILES string of the molecule is CCCC=CCN1CC2C(C1)C2(C)c1cccc(NS(C)(=O)=O)c1. The van der Waals surface area contributed by atoms with Gasteiger partial charge in [-0.15, -0.1) is 0 Å². The van der Waals surface area contributed by atoms with E-state index in [9.17, 15) is 8.42 Å². The maximum Gasteiger partial charge on any atom is 0.229 e. The molecule has 2 aliphatic rings. The lowest BCUT2D eigenvalue weighted by Crippen LogP contribution is -2.29. The molecule has 1 heterocycles. The van der Waals surface area contributed by atoms with Gasteiger partial charge in [0.25, 0.3) is 0 Å². The van der Waals surface area contributed by atoms with Crippen LogP contribution in [0.15, 0.2) is 36.4 Å². The van der Waals surface area contributed by atoms with Crippen LogP contribution in [0.25, 0.3) is 0 Å². The molecule has 0 spiro atoms. The van der Waals surface area contributed by atoms with Gasteiger partial charge in [0.15, 0.2) is 0 Å². The van der Waals surface area contributed by atoms with Crippen LogP contribution in [0.4, 0.5) is 5.69 Å². The lowest BCUT2D eigenvalue weighted by Gasteiger charge is -2.23. The summed E-state index contributed by atoms with van der Waals surface area (Å²) in [5.74, 6) is 1.37. The molecule has 3 rings (SSSR count). The summed E-state index contributed by atoms with van der Waals surface area (Å²) in [4.78, 5) is 2.53. The molecule has 1 aromatic rings. The molecule has 1 saturated carbocycles. The smallest absolute Gasteiger partial charge is 0.229 e. The second kappa shape index (κ2) is 6.52. The van der Waals surface area contributed by atoms with Gasteiger partial charge in [0.2, 0.25) is 10.0 Å². The Labute approximate surface area is 146 Å². The van der Waals surface area contributed by atoms with Gasteiger partial charge in [0, 0.05) is 30.7 Å². The van der Waals surface area contributed by atoms with E-state index in [0.717, 1.165) is 19.6 Å². The number of likely N-dealkylation sites (tertiary alicyclic amines) is 1. The number of unbranched alkanes of at least 4 members (excludes halogenated alkanes) is 1. The van der Waals surface area contributed by atoms with Gasteiger partial charge < -0.3 is 0 Å². The summed E-state index contributed by atoms with van der Waals surface area (Å²) in [6, 6.07) is 7.91. The first-order valence-electron chi connectivity index (χ1n) is 8.80. The van der Waals surface area contributed by atoms with E-state index < -0.39 is 10.0 Å². The van der Waals surface area contributed by atoms with E-state index in [2.05, 4.69) is 41.7 Å². The Balaban J connectivity index is 1.63. The molecule has 1 N–H and O–H groups in total. The lowest BCUT2D eigenvalue weighted by molar-refractivity contribution is 0.304. The summed E-state index contributed by atoms with van der Waals surface area (Å²) >= 11 is 0. The van der Waals surface area contributed by atoms with E-state index in [1.165, 1.54) is 24.7 Å². The molecule has 0 radical (unpaired) electrons. The van der Waals surface area contributed by atoms with E-state index in [0.29, 0.717) is 17.5 Å². The van der Waals surface area contributed by atoms with Crippen molar-refractivity contribution in [1.29, 1.82) is 0 Å². The fourth-order valence-electron chi connectivity index (χ4n) is 4.18. The molecule has 1 saturated heterocycles. The molecule has 1 aromatic carbocycles. The summed E-state index contributed by atoms with van der Waals surface area (Å²) in [5.41, 5.74) is 2.12. The van der Waals surface area contributed by atoms with E-state index in [-0.39, 0.29) is 5.41 Å². The number of rotatable bonds is 7.